The molecule has 0 aliphatic heterocycles. The fourth-order valence-corrected chi connectivity index (χ4v) is 1.79. The van der Waals surface area contributed by atoms with Gasteiger partial charge in [-0.2, -0.15) is 0 Å². The van der Waals surface area contributed by atoms with Crippen molar-refractivity contribution in [1.29, 1.82) is 0 Å². The van der Waals surface area contributed by atoms with Crippen LogP contribution in [0.15, 0.2) is 41.0 Å². The number of nitrogens with two attached hydrogens (primary N) is 1. The third-order valence-corrected chi connectivity index (χ3v) is 2.87. The molecule has 0 bridgehead atoms. The molecule has 0 spiro atoms. The lowest BCUT2D eigenvalue weighted by atomic mass is 10.1. The van der Waals surface area contributed by atoms with Crippen LogP contribution in [0.4, 0.5) is 4.39 Å². The Hall–Kier alpha value is -2.58. The van der Waals surface area contributed by atoms with E-state index in [4.69, 9.17) is 10.2 Å². The van der Waals surface area contributed by atoms with E-state index in [1.165, 1.54) is 18.4 Å². The van der Waals surface area contributed by atoms with Gasteiger partial charge in [-0.25, -0.2) is 4.39 Å². The lowest BCUT2D eigenvalue weighted by molar-refractivity contribution is 0.0935. The van der Waals surface area contributed by atoms with E-state index in [9.17, 15) is 9.18 Å². The average molecular weight is 286 g/mol. The predicted octanol–water partition coefficient (Wildman–Crippen LogP) is 2.22. The molecule has 0 aliphatic carbocycles. The molecule has 5 heteroatoms. The van der Waals surface area contributed by atoms with E-state index in [1.807, 2.05) is 0 Å². The highest BCUT2D eigenvalue weighted by Crippen LogP contribution is 2.14. The van der Waals surface area contributed by atoms with E-state index in [2.05, 4.69) is 17.2 Å². The van der Waals surface area contributed by atoms with Crippen LogP contribution in [0.25, 0.3) is 0 Å². The minimum atomic E-state index is -0.547. The largest absolute Gasteiger partial charge is 0.467 e. The maximum atomic E-state index is 13.8. The van der Waals surface area contributed by atoms with Gasteiger partial charge in [-0.05, 0) is 37.3 Å². The molecule has 3 N–H and O–H groups in total. The SMILES string of the molecule is CC(NC(=O)c1ccc(C#CCN)c(F)c1)c1ccco1. The number of carbonyl (C=O) groups is 1. The molecule has 1 amide bonds. The van der Waals surface area contributed by atoms with Crippen molar-refractivity contribution in [3.05, 3.63) is 59.3 Å². The number of halogens is 1. The molecule has 1 atom stereocenters. The molecule has 21 heavy (non-hydrogen) atoms. The van der Waals surface area contributed by atoms with Crippen molar-refractivity contribution >= 4 is 5.91 Å². The standard InChI is InChI=1S/C16H15FN2O2/c1-11(15-5-3-9-21-15)19-16(20)13-7-6-12(4-2-8-18)14(17)10-13/h3,5-7,9-11H,8,18H2,1H3,(H,19,20). The summed E-state index contributed by atoms with van der Waals surface area (Å²) in [6.45, 7) is 1.94. The minimum Gasteiger partial charge on any atom is -0.467 e. The highest BCUT2D eigenvalue weighted by Gasteiger charge is 2.14. The topological polar surface area (TPSA) is 68.3 Å². The molecule has 1 unspecified atom stereocenters. The van der Waals surface area contributed by atoms with Crippen LogP contribution >= 0.6 is 0 Å². The smallest absolute Gasteiger partial charge is 0.251 e. The molecule has 0 saturated carbocycles. The van der Waals surface area contributed by atoms with E-state index in [-0.39, 0.29) is 29.6 Å². The van der Waals surface area contributed by atoms with Crippen molar-refractivity contribution in [2.24, 2.45) is 5.73 Å². The van der Waals surface area contributed by atoms with Crippen LogP contribution < -0.4 is 11.1 Å². The first-order chi connectivity index (χ1) is 10.1. The molecule has 0 aliphatic rings. The second-order valence-electron chi connectivity index (χ2n) is 4.41. The van der Waals surface area contributed by atoms with E-state index < -0.39 is 5.82 Å². The number of rotatable bonds is 3. The summed E-state index contributed by atoms with van der Waals surface area (Å²) in [5.41, 5.74) is 5.68. The number of benzene rings is 1. The van der Waals surface area contributed by atoms with Gasteiger partial charge in [-0.1, -0.05) is 11.8 Å². The van der Waals surface area contributed by atoms with Crippen molar-refractivity contribution in [3.8, 4) is 11.8 Å². The fraction of sp³-hybridized carbons (Fsp3) is 0.188. The lowest BCUT2D eigenvalue weighted by Gasteiger charge is -2.11. The summed E-state index contributed by atoms with van der Waals surface area (Å²) in [6.07, 6.45) is 1.53. The molecule has 1 aromatic carbocycles. The summed E-state index contributed by atoms with van der Waals surface area (Å²) in [5, 5.41) is 2.73. The molecular weight excluding hydrogens is 271 g/mol. The second-order valence-corrected chi connectivity index (χ2v) is 4.41. The number of hydrogen-bond acceptors (Lipinski definition) is 3. The molecular formula is C16H15FN2O2. The molecule has 1 aromatic heterocycles. The molecule has 0 radical (unpaired) electrons. The van der Waals surface area contributed by atoms with E-state index >= 15 is 0 Å². The molecule has 2 rings (SSSR count). The Morgan fingerprint density at radius 3 is 2.90 bits per heavy atom. The summed E-state index contributed by atoms with van der Waals surface area (Å²) < 4.78 is 19.0. The van der Waals surface area contributed by atoms with Crippen LogP contribution in [-0.2, 0) is 0 Å². The quantitative estimate of drug-likeness (QED) is 0.850. The number of furan rings is 1. The molecule has 2 aromatic rings. The van der Waals surface area contributed by atoms with Gasteiger partial charge < -0.3 is 15.5 Å². The van der Waals surface area contributed by atoms with Crippen LogP contribution in [0.3, 0.4) is 0 Å². The van der Waals surface area contributed by atoms with Gasteiger partial charge in [0.15, 0.2) is 0 Å². The molecule has 0 fully saturated rings. The zero-order valence-corrected chi connectivity index (χ0v) is 11.5. The highest BCUT2D eigenvalue weighted by atomic mass is 19.1. The van der Waals surface area contributed by atoms with Crippen LogP contribution in [0.5, 0.6) is 0 Å². The maximum Gasteiger partial charge on any atom is 0.251 e. The van der Waals surface area contributed by atoms with E-state index in [0.29, 0.717) is 5.76 Å². The van der Waals surface area contributed by atoms with Gasteiger partial charge in [-0.3, -0.25) is 4.79 Å². The summed E-state index contributed by atoms with van der Waals surface area (Å²) in [6, 6.07) is 7.34. The Labute approximate surface area is 122 Å². The third-order valence-electron chi connectivity index (χ3n) is 2.87. The first-order valence-corrected chi connectivity index (χ1v) is 6.44. The summed E-state index contributed by atoms with van der Waals surface area (Å²) >= 11 is 0. The number of amides is 1. The van der Waals surface area contributed by atoms with Gasteiger partial charge in [0.25, 0.3) is 5.91 Å². The minimum absolute atomic E-state index is 0.155. The van der Waals surface area contributed by atoms with Gasteiger partial charge >= 0.3 is 0 Å². The number of nitrogens with one attached hydrogen (secondary N) is 1. The average Bonchev–Trinajstić information content (AvgIpc) is 3.00. The van der Waals surface area contributed by atoms with Crippen molar-refractivity contribution in [2.45, 2.75) is 13.0 Å². The first-order valence-electron chi connectivity index (χ1n) is 6.44. The van der Waals surface area contributed by atoms with E-state index in [0.717, 1.165) is 6.07 Å². The number of carbonyl (C=O) groups excluding carboxylic acids is 1. The van der Waals surface area contributed by atoms with Gasteiger partial charge in [0.2, 0.25) is 0 Å². The van der Waals surface area contributed by atoms with Crippen molar-refractivity contribution < 1.29 is 13.6 Å². The van der Waals surface area contributed by atoms with E-state index in [1.54, 1.807) is 19.1 Å². The summed E-state index contributed by atoms with van der Waals surface area (Å²) in [4.78, 5) is 12.1. The Morgan fingerprint density at radius 2 is 2.29 bits per heavy atom. The molecule has 4 nitrogen and oxygen atoms in total. The summed E-state index contributed by atoms with van der Waals surface area (Å²) in [5.74, 6) is 4.88. The monoisotopic (exact) mass is 286 g/mol. The Balaban J connectivity index is 2.11. The zero-order valence-electron chi connectivity index (χ0n) is 11.5. The van der Waals surface area contributed by atoms with Crippen LogP contribution in [0.2, 0.25) is 0 Å². The Bertz CT molecular complexity index is 684. The van der Waals surface area contributed by atoms with Crippen molar-refractivity contribution in [1.82, 2.24) is 5.32 Å². The van der Waals surface area contributed by atoms with Crippen LogP contribution in [0, 0.1) is 17.7 Å². The second kappa shape index (κ2) is 6.73. The third kappa shape index (κ3) is 3.71. The van der Waals surface area contributed by atoms with Crippen LogP contribution in [-0.4, -0.2) is 12.5 Å². The first kappa shape index (κ1) is 14.8. The Morgan fingerprint density at radius 1 is 1.48 bits per heavy atom. The summed E-state index contributed by atoms with van der Waals surface area (Å²) in [7, 11) is 0. The van der Waals surface area contributed by atoms with Gasteiger partial charge in [-0.15, -0.1) is 0 Å². The van der Waals surface area contributed by atoms with Gasteiger partial charge in [0, 0.05) is 5.56 Å². The Kier molecular flexibility index (Phi) is 4.75. The lowest BCUT2D eigenvalue weighted by Crippen LogP contribution is -2.26. The highest BCUT2D eigenvalue weighted by molar-refractivity contribution is 5.94. The predicted molar refractivity (Wildman–Crippen MR) is 76.9 cm³/mol. The normalized spacial score (nSPS) is 11.4. The van der Waals surface area contributed by atoms with Crippen molar-refractivity contribution in [2.75, 3.05) is 6.54 Å². The maximum absolute atomic E-state index is 13.8. The van der Waals surface area contributed by atoms with Gasteiger partial charge in [0.05, 0.1) is 24.4 Å². The molecule has 0 saturated heterocycles. The number of hydrogen-bond donors (Lipinski definition) is 2. The van der Waals surface area contributed by atoms with Crippen LogP contribution in [0.1, 0.15) is 34.6 Å². The fourth-order valence-electron chi connectivity index (χ4n) is 1.79. The van der Waals surface area contributed by atoms with Gasteiger partial charge in [0.1, 0.15) is 11.6 Å². The zero-order chi connectivity index (χ0) is 15.2. The van der Waals surface area contributed by atoms with Crippen molar-refractivity contribution in [3.63, 3.8) is 0 Å². The molecule has 1 heterocycles. The molecule has 108 valence electrons.